The van der Waals surface area contributed by atoms with Gasteiger partial charge in [0.25, 0.3) is 0 Å². The first kappa shape index (κ1) is 17.2. The van der Waals surface area contributed by atoms with Crippen LogP contribution >= 0.6 is 0 Å². The van der Waals surface area contributed by atoms with Crippen LogP contribution in [0.25, 0.3) is 11.1 Å². The van der Waals surface area contributed by atoms with E-state index < -0.39 is 0 Å². The maximum absolute atomic E-state index is 12.4. The number of carbonyl (C=O) groups excluding carboxylic acids is 1. The van der Waals surface area contributed by atoms with Gasteiger partial charge in [0.1, 0.15) is 0 Å². The van der Waals surface area contributed by atoms with Crippen molar-refractivity contribution in [2.24, 2.45) is 0 Å². The molecular formula is C20H19N3O. The fourth-order valence-electron chi connectivity index (χ4n) is 2.46. The van der Waals surface area contributed by atoms with Gasteiger partial charge in [0.05, 0.1) is 31.4 Å². The third-order valence-corrected chi connectivity index (χ3v) is 3.76. The zero-order valence-corrected chi connectivity index (χ0v) is 13.5. The van der Waals surface area contributed by atoms with Gasteiger partial charge in [-0.2, -0.15) is 10.5 Å². The Hall–Kier alpha value is -3.11. The number of benzene rings is 2. The summed E-state index contributed by atoms with van der Waals surface area (Å²) in [6.45, 7) is 0.748. The van der Waals surface area contributed by atoms with E-state index in [0.29, 0.717) is 13.1 Å². The monoisotopic (exact) mass is 317 g/mol. The fraction of sp³-hybridized carbons (Fsp3) is 0.250. The highest BCUT2D eigenvalue weighted by atomic mass is 16.2. The first-order valence-corrected chi connectivity index (χ1v) is 7.90. The van der Waals surface area contributed by atoms with Crippen molar-refractivity contribution in [3.8, 4) is 23.3 Å². The van der Waals surface area contributed by atoms with Gasteiger partial charge >= 0.3 is 0 Å². The molecule has 0 atom stereocenters. The maximum atomic E-state index is 12.4. The van der Waals surface area contributed by atoms with E-state index in [2.05, 4.69) is 0 Å². The lowest BCUT2D eigenvalue weighted by molar-refractivity contribution is -0.130. The summed E-state index contributed by atoms with van der Waals surface area (Å²) in [7, 11) is 0. The molecule has 2 rings (SSSR count). The lowest BCUT2D eigenvalue weighted by Crippen LogP contribution is -2.33. The van der Waals surface area contributed by atoms with E-state index >= 15 is 0 Å². The van der Waals surface area contributed by atoms with Crippen LogP contribution in [0.2, 0.25) is 0 Å². The van der Waals surface area contributed by atoms with E-state index in [1.54, 1.807) is 4.90 Å². The van der Waals surface area contributed by atoms with Gasteiger partial charge in [0.2, 0.25) is 5.91 Å². The van der Waals surface area contributed by atoms with Crippen LogP contribution in [-0.4, -0.2) is 23.9 Å². The molecule has 0 bridgehead atoms. The standard InChI is InChI=1S/C20H19N3O/c21-12-4-14-23(15-5-13-22)20(24)16-17-8-10-19(11-9-17)18-6-2-1-3-7-18/h1-3,6-11H,4-5,14-16H2. The Bertz CT molecular complexity index is 721. The molecule has 0 spiro atoms. The topological polar surface area (TPSA) is 67.9 Å². The van der Waals surface area contributed by atoms with E-state index in [0.717, 1.165) is 16.7 Å². The molecule has 1 amide bonds. The molecule has 0 fully saturated rings. The predicted octanol–water partition coefficient (Wildman–Crippen LogP) is 3.55. The van der Waals surface area contributed by atoms with Gasteiger partial charge in [0.15, 0.2) is 0 Å². The molecule has 120 valence electrons. The Balaban J connectivity index is 2.02. The average Bonchev–Trinajstić information content (AvgIpc) is 2.63. The maximum Gasteiger partial charge on any atom is 0.227 e. The highest BCUT2D eigenvalue weighted by Crippen LogP contribution is 2.19. The molecule has 0 aromatic heterocycles. The van der Waals surface area contributed by atoms with Crippen LogP contribution in [-0.2, 0) is 11.2 Å². The predicted molar refractivity (Wildman–Crippen MR) is 92.6 cm³/mol. The highest BCUT2D eigenvalue weighted by molar-refractivity contribution is 5.79. The second-order valence-corrected chi connectivity index (χ2v) is 5.44. The van der Waals surface area contributed by atoms with Crippen molar-refractivity contribution in [1.82, 2.24) is 4.90 Å². The molecule has 0 saturated carbocycles. The number of nitriles is 2. The summed E-state index contributed by atoms with van der Waals surface area (Å²) >= 11 is 0. The minimum absolute atomic E-state index is 0.0482. The van der Waals surface area contributed by atoms with Gasteiger partial charge in [-0.25, -0.2) is 0 Å². The Morgan fingerprint density at radius 3 is 1.92 bits per heavy atom. The minimum atomic E-state index is -0.0482. The number of amides is 1. The Kier molecular flexibility index (Phi) is 6.56. The number of hydrogen-bond donors (Lipinski definition) is 0. The summed E-state index contributed by atoms with van der Waals surface area (Å²) in [6.07, 6.45) is 0.847. The summed E-state index contributed by atoms with van der Waals surface area (Å²) in [5, 5.41) is 17.4. The largest absolute Gasteiger partial charge is 0.340 e. The van der Waals surface area contributed by atoms with Crippen LogP contribution in [0.4, 0.5) is 0 Å². The average molecular weight is 317 g/mol. The molecule has 0 aliphatic heterocycles. The van der Waals surface area contributed by atoms with Crippen molar-refractivity contribution in [3.05, 3.63) is 60.2 Å². The molecule has 4 heteroatoms. The molecule has 0 saturated heterocycles. The van der Waals surface area contributed by atoms with E-state index in [4.69, 9.17) is 10.5 Å². The molecule has 2 aromatic carbocycles. The van der Waals surface area contributed by atoms with Gasteiger partial charge in [-0.3, -0.25) is 4.79 Å². The Morgan fingerprint density at radius 1 is 0.833 bits per heavy atom. The van der Waals surface area contributed by atoms with Crippen molar-refractivity contribution in [2.75, 3.05) is 13.1 Å². The highest BCUT2D eigenvalue weighted by Gasteiger charge is 2.13. The van der Waals surface area contributed by atoms with Gasteiger partial charge in [-0.15, -0.1) is 0 Å². The minimum Gasteiger partial charge on any atom is -0.340 e. The third kappa shape index (κ3) is 4.97. The summed E-state index contributed by atoms with van der Waals surface area (Å²) < 4.78 is 0. The van der Waals surface area contributed by atoms with Crippen LogP contribution in [0.15, 0.2) is 54.6 Å². The number of carbonyl (C=O) groups is 1. The van der Waals surface area contributed by atoms with E-state index in [9.17, 15) is 4.79 Å². The van der Waals surface area contributed by atoms with Crippen LogP contribution in [0.1, 0.15) is 18.4 Å². The zero-order chi connectivity index (χ0) is 17.2. The molecule has 0 aliphatic carbocycles. The molecule has 0 heterocycles. The first-order valence-electron chi connectivity index (χ1n) is 7.90. The van der Waals surface area contributed by atoms with E-state index in [-0.39, 0.29) is 25.2 Å². The van der Waals surface area contributed by atoms with Crippen LogP contribution in [0.5, 0.6) is 0 Å². The summed E-state index contributed by atoms with van der Waals surface area (Å²) in [6, 6.07) is 22.1. The van der Waals surface area contributed by atoms with Crippen LogP contribution in [0.3, 0.4) is 0 Å². The van der Waals surface area contributed by atoms with Gasteiger partial charge in [-0.1, -0.05) is 54.6 Å². The number of rotatable bonds is 7. The molecule has 4 nitrogen and oxygen atoms in total. The van der Waals surface area contributed by atoms with Gasteiger partial charge in [-0.05, 0) is 16.7 Å². The smallest absolute Gasteiger partial charge is 0.227 e. The number of nitrogens with zero attached hydrogens (tertiary/aromatic N) is 3. The van der Waals surface area contributed by atoms with Crippen molar-refractivity contribution in [1.29, 1.82) is 10.5 Å². The lowest BCUT2D eigenvalue weighted by atomic mass is 10.0. The third-order valence-electron chi connectivity index (χ3n) is 3.76. The van der Waals surface area contributed by atoms with Crippen molar-refractivity contribution in [3.63, 3.8) is 0 Å². The molecule has 0 radical (unpaired) electrons. The van der Waals surface area contributed by atoms with Crippen molar-refractivity contribution in [2.45, 2.75) is 19.3 Å². The lowest BCUT2D eigenvalue weighted by Gasteiger charge is -2.20. The molecule has 0 N–H and O–H groups in total. The zero-order valence-electron chi connectivity index (χ0n) is 13.5. The normalized spacial score (nSPS) is 9.75. The summed E-state index contributed by atoms with van der Waals surface area (Å²) in [5.74, 6) is -0.0482. The Labute approximate surface area is 142 Å². The molecule has 2 aromatic rings. The van der Waals surface area contributed by atoms with E-state index in [1.165, 1.54) is 0 Å². The summed E-state index contributed by atoms with van der Waals surface area (Å²) in [5.41, 5.74) is 3.18. The first-order chi connectivity index (χ1) is 11.7. The molecular weight excluding hydrogens is 298 g/mol. The van der Waals surface area contributed by atoms with Gasteiger partial charge < -0.3 is 4.90 Å². The van der Waals surface area contributed by atoms with Crippen molar-refractivity contribution >= 4 is 5.91 Å². The van der Waals surface area contributed by atoms with Gasteiger partial charge in [0, 0.05) is 13.1 Å². The van der Waals surface area contributed by atoms with Crippen molar-refractivity contribution < 1.29 is 4.79 Å². The molecule has 0 aliphatic rings. The SMILES string of the molecule is N#CCCN(CCC#N)C(=O)Cc1ccc(-c2ccccc2)cc1. The van der Waals surface area contributed by atoms with Crippen LogP contribution < -0.4 is 0 Å². The quantitative estimate of drug-likeness (QED) is 0.784. The Morgan fingerprint density at radius 2 is 1.38 bits per heavy atom. The molecule has 24 heavy (non-hydrogen) atoms. The summed E-state index contributed by atoms with van der Waals surface area (Å²) in [4.78, 5) is 14.0. The fourth-order valence-corrected chi connectivity index (χ4v) is 2.46. The molecule has 0 unspecified atom stereocenters. The van der Waals surface area contributed by atoms with Crippen LogP contribution in [0, 0.1) is 22.7 Å². The number of hydrogen-bond acceptors (Lipinski definition) is 3. The second-order valence-electron chi connectivity index (χ2n) is 5.44. The second kappa shape index (κ2) is 9.12. The van der Waals surface area contributed by atoms with E-state index in [1.807, 2.05) is 66.7 Å².